The van der Waals surface area contributed by atoms with Crippen molar-refractivity contribution in [3.63, 3.8) is 0 Å². The fraction of sp³-hybridized carbons (Fsp3) is 0.167. The van der Waals surface area contributed by atoms with Crippen LogP contribution >= 0.6 is 0 Å². The summed E-state index contributed by atoms with van der Waals surface area (Å²) in [6, 6.07) is 9.69. The third-order valence-corrected chi connectivity index (χ3v) is 1.28. The van der Waals surface area contributed by atoms with Crippen molar-refractivity contribution in [2.24, 2.45) is 5.73 Å². The van der Waals surface area contributed by atoms with Crippen LogP contribution in [0.25, 0.3) is 0 Å². The van der Waals surface area contributed by atoms with Crippen molar-refractivity contribution < 1.29 is 4.74 Å². The molecule has 14 heavy (non-hydrogen) atoms. The molecule has 0 atom stereocenters. The molecule has 0 amide bonds. The van der Waals surface area contributed by atoms with Gasteiger partial charge in [-0.2, -0.15) is 0 Å². The van der Waals surface area contributed by atoms with Crippen LogP contribution in [0.15, 0.2) is 55.6 Å². The van der Waals surface area contributed by atoms with Crippen molar-refractivity contribution in [3.8, 4) is 5.75 Å². The number of hydrogen-bond acceptors (Lipinski definition) is 2. The molecule has 1 aromatic carbocycles. The van der Waals surface area contributed by atoms with Crippen LogP contribution in [0.3, 0.4) is 0 Å². The van der Waals surface area contributed by atoms with Gasteiger partial charge in [0.15, 0.2) is 0 Å². The minimum Gasteiger partial charge on any atom is -0.490 e. The molecular weight excluding hydrogens is 174 g/mol. The highest BCUT2D eigenvalue weighted by molar-refractivity contribution is 5.20. The van der Waals surface area contributed by atoms with Gasteiger partial charge < -0.3 is 10.5 Å². The molecule has 0 spiro atoms. The Bertz CT molecular complexity index is 244. The molecule has 0 bridgehead atoms. The van der Waals surface area contributed by atoms with Crippen molar-refractivity contribution in [1.82, 2.24) is 0 Å². The Labute approximate surface area is 85.7 Å². The van der Waals surface area contributed by atoms with E-state index >= 15 is 0 Å². The van der Waals surface area contributed by atoms with Crippen LogP contribution < -0.4 is 10.5 Å². The Morgan fingerprint density at radius 2 is 1.71 bits per heavy atom. The molecule has 0 radical (unpaired) electrons. The number of ether oxygens (including phenoxy) is 1. The monoisotopic (exact) mass is 191 g/mol. The summed E-state index contributed by atoms with van der Waals surface area (Å²) in [5, 5.41) is 0. The lowest BCUT2D eigenvalue weighted by Crippen LogP contribution is -1.91. The molecule has 1 aromatic rings. The van der Waals surface area contributed by atoms with E-state index in [1.807, 2.05) is 30.3 Å². The largest absolute Gasteiger partial charge is 0.490 e. The van der Waals surface area contributed by atoms with Gasteiger partial charge >= 0.3 is 0 Å². The molecule has 2 heteroatoms. The summed E-state index contributed by atoms with van der Waals surface area (Å²) in [5.74, 6) is 0.891. The summed E-state index contributed by atoms with van der Waals surface area (Å²) in [4.78, 5) is 0. The zero-order valence-electron chi connectivity index (χ0n) is 8.36. The molecule has 76 valence electrons. The molecule has 0 saturated carbocycles. The van der Waals surface area contributed by atoms with Gasteiger partial charge in [0.05, 0.1) is 0 Å². The molecule has 0 fully saturated rings. The average Bonchev–Trinajstić information content (AvgIpc) is 2.28. The van der Waals surface area contributed by atoms with Crippen molar-refractivity contribution in [2.45, 2.75) is 0 Å². The predicted molar refractivity (Wildman–Crippen MR) is 61.4 cm³/mol. The van der Waals surface area contributed by atoms with Crippen molar-refractivity contribution in [2.75, 3.05) is 13.2 Å². The lowest BCUT2D eigenvalue weighted by Gasteiger charge is -1.99. The van der Waals surface area contributed by atoms with Crippen LogP contribution in [-0.2, 0) is 0 Å². The zero-order valence-corrected chi connectivity index (χ0v) is 8.36. The number of benzene rings is 1. The first-order valence-electron chi connectivity index (χ1n) is 4.44. The van der Waals surface area contributed by atoms with E-state index in [4.69, 9.17) is 10.5 Å². The normalized spacial score (nSPS) is 8.07. The van der Waals surface area contributed by atoms with Crippen LogP contribution in [0.5, 0.6) is 5.75 Å². The second-order valence-electron chi connectivity index (χ2n) is 2.44. The van der Waals surface area contributed by atoms with E-state index in [1.54, 1.807) is 12.2 Å². The first-order valence-corrected chi connectivity index (χ1v) is 4.44. The summed E-state index contributed by atoms with van der Waals surface area (Å²) in [5.41, 5.74) is 4.91. The fourth-order valence-electron chi connectivity index (χ4n) is 0.672. The van der Waals surface area contributed by atoms with E-state index < -0.39 is 0 Å². The van der Waals surface area contributed by atoms with Crippen LogP contribution in [-0.4, -0.2) is 13.2 Å². The van der Waals surface area contributed by atoms with Crippen LogP contribution in [0.4, 0.5) is 0 Å². The molecule has 2 N–H and O–H groups in total. The molecule has 0 aliphatic carbocycles. The maximum absolute atomic E-state index is 5.24. The Balaban J connectivity index is 0.000000364. The highest BCUT2D eigenvalue weighted by Gasteiger charge is 1.84. The first kappa shape index (κ1) is 12.5. The van der Waals surface area contributed by atoms with Crippen LogP contribution in [0.1, 0.15) is 0 Å². The SMILES string of the molecule is C=CCN.C=CCOc1ccccc1. The van der Waals surface area contributed by atoms with Crippen molar-refractivity contribution in [1.29, 1.82) is 0 Å². The van der Waals surface area contributed by atoms with Crippen molar-refractivity contribution >= 4 is 0 Å². The van der Waals surface area contributed by atoms with E-state index in [1.165, 1.54) is 0 Å². The number of hydrogen-bond donors (Lipinski definition) is 1. The van der Waals surface area contributed by atoms with Gasteiger partial charge in [-0.25, -0.2) is 0 Å². The minimum atomic E-state index is 0.573. The van der Waals surface area contributed by atoms with Gasteiger partial charge in [-0.05, 0) is 12.1 Å². The lowest BCUT2D eigenvalue weighted by atomic mass is 10.3. The van der Waals surface area contributed by atoms with Crippen LogP contribution in [0.2, 0.25) is 0 Å². The van der Waals surface area contributed by atoms with Gasteiger partial charge in [0, 0.05) is 6.54 Å². The Morgan fingerprint density at radius 1 is 1.14 bits per heavy atom. The van der Waals surface area contributed by atoms with Gasteiger partial charge in [0.1, 0.15) is 12.4 Å². The Morgan fingerprint density at radius 3 is 2.14 bits per heavy atom. The molecule has 0 unspecified atom stereocenters. The average molecular weight is 191 g/mol. The highest BCUT2D eigenvalue weighted by atomic mass is 16.5. The zero-order chi connectivity index (χ0) is 10.6. The number of nitrogens with two attached hydrogens (primary N) is 1. The predicted octanol–water partition coefficient (Wildman–Crippen LogP) is 2.38. The summed E-state index contributed by atoms with van der Waals surface area (Å²) < 4.78 is 5.24. The molecule has 1 rings (SSSR count). The minimum absolute atomic E-state index is 0.573. The van der Waals surface area contributed by atoms with E-state index in [0.29, 0.717) is 13.2 Å². The molecule has 0 saturated heterocycles. The Kier molecular flexibility index (Phi) is 8.50. The summed E-state index contributed by atoms with van der Waals surface area (Å²) in [6.07, 6.45) is 3.38. The second-order valence-corrected chi connectivity index (χ2v) is 2.44. The molecule has 0 aromatic heterocycles. The highest BCUT2D eigenvalue weighted by Crippen LogP contribution is 2.07. The first-order chi connectivity index (χ1) is 6.85. The number of para-hydroxylation sites is 1. The summed E-state index contributed by atoms with van der Waals surface area (Å²) in [6.45, 7) is 8.06. The van der Waals surface area contributed by atoms with Gasteiger partial charge in [-0.1, -0.05) is 36.9 Å². The van der Waals surface area contributed by atoms with Gasteiger partial charge in [0.25, 0.3) is 0 Å². The van der Waals surface area contributed by atoms with Gasteiger partial charge in [-0.3, -0.25) is 0 Å². The molecule has 0 aliphatic heterocycles. The maximum Gasteiger partial charge on any atom is 0.119 e. The molecule has 2 nitrogen and oxygen atoms in total. The topological polar surface area (TPSA) is 35.2 Å². The van der Waals surface area contributed by atoms with E-state index in [0.717, 1.165) is 5.75 Å². The van der Waals surface area contributed by atoms with E-state index in [9.17, 15) is 0 Å². The summed E-state index contributed by atoms with van der Waals surface area (Å²) in [7, 11) is 0. The number of rotatable bonds is 4. The van der Waals surface area contributed by atoms with Crippen molar-refractivity contribution in [3.05, 3.63) is 55.6 Å². The van der Waals surface area contributed by atoms with Gasteiger partial charge in [-0.15, -0.1) is 6.58 Å². The standard InChI is InChI=1S/C9H10O.C3H7N/c1-2-8-10-9-6-4-3-5-7-9;1-2-3-4/h2-7H,1,8H2;2H,1,3-4H2. The lowest BCUT2D eigenvalue weighted by molar-refractivity contribution is 0.363. The molecular formula is C12H17NO. The van der Waals surface area contributed by atoms with Gasteiger partial charge in [0.2, 0.25) is 0 Å². The van der Waals surface area contributed by atoms with Crippen LogP contribution in [0, 0.1) is 0 Å². The molecule has 0 aliphatic rings. The van der Waals surface area contributed by atoms with E-state index in [2.05, 4.69) is 13.2 Å². The Hall–Kier alpha value is -1.54. The third-order valence-electron chi connectivity index (χ3n) is 1.28. The molecule has 0 heterocycles. The quantitative estimate of drug-likeness (QED) is 0.742. The summed E-state index contributed by atoms with van der Waals surface area (Å²) >= 11 is 0. The smallest absolute Gasteiger partial charge is 0.119 e. The third kappa shape index (κ3) is 7.13. The second kappa shape index (κ2) is 9.55. The fourth-order valence-corrected chi connectivity index (χ4v) is 0.672. The maximum atomic E-state index is 5.24. The van der Waals surface area contributed by atoms with E-state index in [-0.39, 0.29) is 0 Å².